The molecule has 0 radical (unpaired) electrons. The van der Waals surface area contributed by atoms with Crippen LogP contribution < -0.4 is 5.73 Å². The molecule has 43 heavy (non-hydrogen) atoms. The molecule has 0 fully saturated rings. The van der Waals surface area contributed by atoms with E-state index in [0.717, 1.165) is 56.1 Å². The number of benzene rings is 2. The molecule has 2 unspecified atom stereocenters. The van der Waals surface area contributed by atoms with E-state index in [4.69, 9.17) is 5.73 Å². The number of ketones is 2. The fourth-order valence-electron chi connectivity index (χ4n) is 6.03. The van der Waals surface area contributed by atoms with Gasteiger partial charge in [-0.15, -0.1) is 0 Å². The van der Waals surface area contributed by atoms with Crippen molar-refractivity contribution in [3.63, 3.8) is 0 Å². The number of hydrogen-bond donors (Lipinski definition) is 1. The van der Waals surface area contributed by atoms with E-state index in [2.05, 4.69) is 93.5 Å². The average molecular weight is 584 g/mol. The second kappa shape index (κ2) is 13.9. The van der Waals surface area contributed by atoms with Crippen LogP contribution in [0.5, 0.6) is 0 Å². The minimum Gasteiger partial charge on any atom is -0.330 e. The summed E-state index contributed by atoms with van der Waals surface area (Å²) in [6, 6.07) is 11.9. The molecule has 0 saturated carbocycles. The van der Waals surface area contributed by atoms with E-state index in [1.54, 1.807) is 0 Å². The normalized spacial score (nSPS) is 16.5. The minimum atomic E-state index is -0.0976. The molecule has 3 nitrogen and oxygen atoms in total. The lowest BCUT2D eigenvalue weighted by Gasteiger charge is -2.31. The van der Waals surface area contributed by atoms with E-state index in [1.807, 2.05) is 24.3 Å². The molecular weight excluding hydrogens is 526 g/mol. The molecule has 234 valence electrons. The quantitative estimate of drug-likeness (QED) is 0.192. The Labute approximate surface area is 262 Å². The van der Waals surface area contributed by atoms with Gasteiger partial charge in [-0.05, 0) is 110 Å². The summed E-state index contributed by atoms with van der Waals surface area (Å²) in [5, 5.41) is 0. The molecule has 2 aromatic carbocycles. The number of carbonyl (C=O) groups excluding carboxylic acids is 2. The Morgan fingerprint density at radius 1 is 0.744 bits per heavy atom. The number of fused-ring (bicyclic) bond motifs is 2. The van der Waals surface area contributed by atoms with Crippen molar-refractivity contribution in [1.82, 2.24) is 0 Å². The molecule has 0 spiro atoms. The van der Waals surface area contributed by atoms with Gasteiger partial charge in [0.05, 0.1) is 0 Å². The Morgan fingerprint density at radius 2 is 1.30 bits per heavy atom. The van der Waals surface area contributed by atoms with Gasteiger partial charge in [-0.2, -0.15) is 0 Å². The summed E-state index contributed by atoms with van der Waals surface area (Å²) >= 11 is 0. The smallest absolute Gasteiger partial charge is 0.194 e. The van der Waals surface area contributed by atoms with E-state index in [1.165, 1.54) is 11.1 Å². The molecule has 0 heterocycles. The topological polar surface area (TPSA) is 60.2 Å². The van der Waals surface area contributed by atoms with Crippen molar-refractivity contribution < 1.29 is 9.59 Å². The molecule has 1 aliphatic carbocycles. The summed E-state index contributed by atoms with van der Waals surface area (Å²) in [4.78, 5) is 27.6. The number of carbonyl (C=O) groups is 2. The Bertz CT molecular complexity index is 1390. The zero-order valence-corrected chi connectivity index (χ0v) is 28.7. The van der Waals surface area contributed by atoms with Gasteiger partial charge in [0.25, 0.3) is 0 Å². The molecule has 2 N–H and O–H groups in total. The Morgan fingerprint density at radius 3 is 1.86 bits per heavy atom. The van der Waals surface area contributed by atoms with E-state index >= 15 is 0 Å². The molecule has 3 rings (SSSR count). The summed E-state index contributed by atoms with van der Waals surface area (Å²) in [5.41, 5.74) is 13.3. The summed E-state index contributed by atoms with van der Waals surface area (Å²) in [6.45, 7) is 22.9. The predicted octanol–water partition coefficient (Wildman–Crippen LogP) is 10.5. The highest BCUT2D eigenvalue weighted by atomic mass is 16.1. The minimum absolute atomic E-state index is 0.00641. The second-order valence-corrected chi connectivity index (χ2v) is 14.5. The van der Waals surface area contributed by atoms with Gasteiger partial charge in [0.2, 0.25) is 0 Å². The van der Waals surface area contributed by atoms with Gasteiger partial charge in [0.1, 0.15) is 0 Å². The summed E-state index contributed by atoms with van der Waals surface area (Å²) in [6.07, 6.45) is 11.7. The van der Waals surface area contributed by atoms with Crippen molar-refractivity contribution >= 4 is 11.6 Å². The first-order valence-electron chi connectivity index (χ1n) is 16.6. The molecule has 0 bridgehead atoms. The third kappa shape index (κ3) is 7.48. The van der Waals surface area contributed by atoms with Crippen molar-refractivity contribution in [2.45, 2.75) is 126 Å². The first kappa shape index (κ1) is 34.7. The van der Waals surface area contributed by atoms with Gasteiger partial charge in [-0.25, -0.2) is 0 Å². The summed E-state index contributed by atoms with van der Waals surface area (Å²) in [5.74, 6) is 0.281. The molecule has 0 aliphatic heterocycles. The lowest BCUT2D eigenvalue weighted by atomic mass is 9.73. The number of nitrogens with two attached hydrogens (primary N) is 1. The molecule has 2 atom stereocenters. The van der Waals surface area contributed by atoms with Crippen LogP contribution in [0.3, 0.4) is 0 Å². The SMILES string of the molecule is CCC(CC/C=C(\C)C(C)(C)CC)c1ccc2c(c1)C(=O)c1ccc(C(C)(CC)CC/C=C(\C)C(C)(C)CN)cc1C2=O. The number of hydrogen-bond acceptors (Lipinski definition) is 3. The molecule has 0 amide bonds. The zero-order chi connectivity index (χ0) is 32.2. The van der Waals surface area contributed by atoms with E-state index in [9.17, 15) is 9.59 Å². The molecule has 3 heteroatoms. The standard InChI is InChI=1S/C40H57NO2/c1-11-29(18-14-16-27(4)38(6,7)12-2)30-19-21-32-34(24-30)36(42)33-22-20-31(25-35(33)37(32)43)40(10,13-3)23-15-17-28(5)39(8,9)26-41/h16-17,19-22,24-25,29H,11-15,18,23,26,41H2,1-10H3/b27-16+,28-17+. The first-order valence-corrected chi connectivity index (χ1v) is 16.6. The second-order valence-electron chi connectivity index (χ2n) is 14.5. The van der Waals surface area contributed by atoms with Gasteiger partial charge in [-0.3, -0.25) is 9.59 Å². The van der Waals surface area contributed by atoms with E-state index in [0.29, 0.717) is 34.7 Å². The van der Waals surface area contributed by atoms with Crippen LogP contribution in [-0.4, -0.2) is 18.1 Å². The van der Waals surface area contributed by atoms with Crippen molar-refractivity contribution in [1.29, 1.82) is 0 Å². The lowest BCUT2D eigenvalue weighted by molar-refractivity contribution is 0.0979. The fraction of sp³-hybridized carbons (Fsp3) is 0.550. The van der Waals surface area contributed by atoms with Crippen LogP contribution in [0.15, 0.2) is 59.7 Å². The highest BCUT2D eigenvalue weighted by Gasteiger charge is 2.33. The van der Waals surface area contributed by atoms with Crippen molar-refractivity contribution in [3.8, 4) is 0 Å². The van der Waals surface area contributed by atoms with Gasteiger partial charge >= 0.3 is 0 Å². The first-order chi connectivity index (χ1) is 20.2. The van der Waals surface area contributed by atoms with Crippen LogP contribution in [0.25, 0.3) is 0 Å². The third-order valence-corrected chi connectivity index (χ3v) is 11.1. The van der Waals surface area contributed by atoms with Crippen molar-refractivity contribution in [2.75, 3.05) is 6.54 Å². The number of rotatable bonds is 14. The predicted molar refractivity (Wildman–Crippen MR) is 183 cm³/mol. The van der Waals surface area contributed by atoms with Crippen molar-refractivity contribution in [3.05, 3.63) is 93.1 Å². The Hall–Kier alpha value is -2.78. The van der Waals surface area contributed by atoms with Gasteiger partial charge in [0.15, 0.2) is 11.6 Å². The van der Waals surface area contributed by atoms with E-state index < -0.39 is 0 Å². The fourth-order valence-corrected chi connectivity index (χ4v) is 6.03. The van der Waals surface area contributed by atoms with Crippen LogP contribution in [0.2, 0.25) is 0 Å². The molecule has 1 aliphatic rings. The zero-order valence-electron chi connectivity index (χ0n) is 28.7. The van der Waals surface area contributed by atoms with Crippen LogP contribution in [0, 0.1) is 10.8 Å². The van der Waals surface area contributed by atoms with Crippen LogP contribution >= 0.6 is 0 Å². The molecule has 0 aromatic heterocycles. The maximum absolute atomic E-state index is 13.8. The van der Waals surface area contributed by atoms with Crippen molar-refractivity contribution in [2.24, 2.45) is 16.6 Å². The van der Waals surface area contributed by atoms with Crippen LogP contribution in [0.1, 0.15) is 163 Å². The average Bonchev–Trinajstić information content (AvgIpc) is 3.00. The molecule has 0 saturated heterocycles. The Balaban J connectivity index is 1.85. The largest absolute Gasteiger partial charge is 0.330 e. The van der Waals surface area contributed by atoms with Gasteiger partial charge < -0.3 is 5.73 Å². The van der Waals surface area contributed by atoms with Gasteiger partial charge in [-0.1, -0.05) is 96.9 Å². The van der Waals surface area contributed by atoms with Crippen LogP contribution in [0.4, 0.5) is 0 Å². The number of allylic oxidation sites excluding steroid dienone is 3. The highest BCUT2D eigenvalue weighted by molar-refractivity contribution is 6.28. The maximum Gasteiger partial charge on any atom is 0.194 e. The van der Waals surface area contributed by atoms with Crippen LogP contribution in [-0.2, 0) is 5.41 Å². The maximum atomic E-state index is 13.8. The molecular formula is C40H57NO2. The third-order valence-electron chi connectivity index (χ3n) is 11.1. The summed E-state index contributed by atoms with van der Waals surface area (Å²) < 4.78 is 0. The van der Waals surface area contributed by atoms with Gasteiger partial charge in [0, 0.05) is 28.8 Å². The monoisotopic (exact) mass is 583 g/mol. The molecule has 2 aromatic rings. The Kier molecular flexibility index (Phi) is 11.2. The highest BCUT2D eigenvalue weighted by Crippen LogP contribution is 2.38. The summed E-state index contributed by atoms with van der Waals surface area (Å²) in [7, 11) is 0. The lowest BCUT2D eigenvalue weighted by Crippen LogP contribution is -2.26. The van der Waals surface area contributed by atoms with E-state index in [-0.39, 0.29) is 27.8 Å².